The fourth-order valence-electron chi connectivity index (χ4n) is 5.39. The number of rotatable bonds is 9. The fraction of sp³-hybridized carbons (Fsp3) is 0.464. The van der Waals surface area contributed by atoms with Gasteiger partial charge in [0.25, 0.3) is 0 Å². The summed E-state index contributed by atoms with van der Waals surface area (Å²) in [6.07, 6.45) is 2.55. The number of benzene rings is 2. The minimum atomic E-state index is -1.10. The Bertz CT molecular complexity index is 1050. The second kappa shape index (κ2) is 10.5. The van der Waals surface area contributed by atoms with Gasteiger partial charge in [0.1, 0.15) is 12.1 Å². The molecule has 0 spiro atoms. The molecule has 0 bridgehead atoms. The molecule has 0 heterocycles. The summed E-state index contributed by atoms with van der Waals surface area (Å²) in [4.78, 5) is 36.6. The summed E-state index contributed by atoms with van der Waals surface area (Å²) in [7, 11) is 0. The predicted molar refractivity (Wildman–Crippen MR) is 133 cm³/mol. The molecule has 1 saturated carbocycles. The van der Waals surface area contributed by atoms with Crippen molar-refractivity contribution in [3.63, 3.8) is 0 Å². The summed E-state index contributed by atoms with van der Waals surface area (Å²) >= 11 is 0. The summed E-state index contributed by atoms with van der Waals surface area (Å²) in [5, 5.41) is 14.7. The lowest BCUT2D eigenvalue weighted by molar-refractivity contribution is -0.138. The van der Waals surface area contributed by atoms with Crippen molar-refractivity contribution in [1.82, 2.24) is 10.6 Å². The van der Waals surface area contributed by atoms with Crippen LogP contribution in [0.1, 0.15) is 63.0 Å². The number of carbonyl (C=O) groups is 3. The maximum Gasteiger partial charge on any atom is 0.408 e. The van der Waals surface area contributed by atoms with Crippen molar-refractivity contribution >= 4 is 18.0 Å². The van der Waals surface area contributed by atoms with Crippen LogP contribution >= 0.6 is 0 Å². The molecule has 2 amide bonds. The number of nitrogens with one attached hydrogen (secondary N) is 2. The number of hydrogen-bond acceptors (Lipinski definition) is 4. The maximum atomic E-state index is 13.0. The Labute approximate surface area is 206 Å². The highest BCUT2D eigenvalue weighted by atomic mass is 16.5. The lowest BCUT2D eigenvalue weighted by Gasteiger charge is -2.29. The number of carboxylic acids is 1. The quantitative estimate of drug-likeness (QED) is 0.485. The van der Waals surface area contributed by atoms with Gasteiger partial charge >= 0.3 is 12.1 Å². The maximum absolute atomic E-state index is 13.0. The average molecular weight is 479 g/mol. The number of alkyl carbamates (subject to hydrolysis) is 1. The zero-order valence-corrected chi connectivity index (χ0v) is 20.4. The van der Waals surface area contributed by atoms with Gasteiger partial charge in [0, 0.05) is 18.9 Å². The molecule has 7 nitrogen and oxygen atoms in total. The molecule has 1 fully saturated rings. The summed E-state index contributed by atoms with van der Waals surface area (Å²) < 4.78 is 5.63. The molecule has 0 radical (unpaired) electrons. The van der Waals surface area contributed by atoms with Crippen LogP contribution in [0.15, 0.2) is 48.5 Å². The molecule has 0 saturated heterocycles. The number of ether oxygens (including phenoxy) is 1. The first-order valence-electron chi connectivity index (χ1n) is 12.4. The van der Waals surface area contributed by atoms with Crippen molar-refractivity contribution in [2.75, 3.05) is 13.2 Å². The van der Waals surface area contributed by atoms with E-state index >= 15 is 0 Å². The molecule has 4 rings (SSSR count). The molecule has 3 N–H and O–H groups in total. The fourth-order valence-corrected chi connectivity index (χ4v) is 5.39. The van der Waals surface area contributed by atoms with Crippen LogP contribution in [0.2, 0.25) is 0 Å². The Morgan fingerprint density at radius 1 is 1.00 bits per heavy atom. The van der Waals surface area contributed by atoms with E-state index < -0.39 is 17.6 Å². The van der Waals surface area contributed by atoms with Crippen LogP contribution in [0, 0.1) is 11.8 Å². The standard InChI is InChI=1S/C28H34N2O5/c1-3-28(2,26(33)29-16-19-13-12-18(14-19)15-25(31)32)30-27(34)35-17-24-22-10-6-4-8-20(22)21-9-5-7-11-23(21)24/h4-11,18-19,24H,3,12-17H2,1-2H3,(H,29,33)(H,30,34)(H,31,32). The van der Waals surface area contributed by atoms with Gasteiger partial charge in [-0.05, 0) is 66.7 Å². The first kappa shape index (κ1) is 24.8. The number of carbonyl (C=O) groups excluding carboxylic acids is 2. The van der Waals surface area contributed by atoms with Crippen molar-refractivity contribution in [2.45, 2.75) is 57.4 Å². The van der Waals surface area contributed by atoms with Crippen LogP contribution in [0.4, 0.5) is 4.79 Å². The van der Waals surface area contributed by atoms with E-state index in [4.69, 9.17) is 9.84 Å². The molecule has 2 aromatic rings. The Hall–Kier alpha value is -3.35. The van der Waals surface area contributed by atoms with Gasteiger partial charge in [-0.1, -0.05) is 55.5 Å². The van der Waals surface area contributed by atoms with Gasteiger partial charge in [-0.3, -0.25) is 9.59 Å². The Morgan fingerprint density at radius 3 is 2.20 bits per heavy atom. The van der Waals surface area contributed by atoms with Gasteiger partial charge in [-0.2, -0.15) is 0 Å². The molecule has 35 heavy (non-hydrogen) atoms. The van der Waals surface area contributed by atoms with Crippen LogP contribution < -0.4 is 10.6 Å². The molecule has 0 aliphatic heterocycles. The zero-order valence-electron chi connectivity index (χ0n) is 20.4. The van der Waals surface area contributed by atoms with Gasteiger partial charge in [0.15, 0.2) is 0 Å². The lowest BCUT2D eigenvalue weighted by atomic mass is 9.97. The van der Waals surface area contributed by atoms with Crippen LogP contribution in [0.25, 0.3) is 11.1 Å². The van der Waals surface area contributed by atoms with Gasteiger partial charge in [0.2, 0.25) is 5.91 Å². The van der Waals surface area contributed by atoms with Crippen molar-refractivity contribution < 1.29 is 24.2 Å². The summed E-state index contributed by atoms with van der Waals surface area (Å²) in [5.74, 6) is -0.638. The first-order valence-corrected chi connectivity index (χ1v) is 12.4. The highest BCUT2D eigenvalue weighted by Crippen LogP contribution is 2.44. The van der Waals surface area contributed by atoms with Crippen molar-refractivity contribution in [3.05, 3.63) is 59.7 Å². The van der Waals surface area contributed by atoms with E-state index in [1.165, 1.54) is 0 Å². The highest BCUT2D eigenvalue weighted by molar-refractivity contribution is 5.89. The topological polar surface area (TPSA) is 105 Å². The second-order valence-corrected chi connectivity index (χ2v) is 9.99. The van der Waals surface area contributed by atoms with E-state index in [9.17, 15) is 14.4 Å². The van der Waals surface area contributed by atoms with Gasteiger partial charge in [-0.25, -0.2) is 4.79 Å². The Kier molecular flexibility index (Phi) is 7.43. The van der Waals surface area contributed by atoms with Gasteiger partial charge < -0.3 is 20.5 Å². The third-order valence-electron chi connectivity index (χ3n) is 7.59. The van der Waals surface area contributed by atoms with E-state index in [0.717, 1.165) is 41.5 Å². The first-order chi connectivity index (χ1) is 16.8. The normalized spacial score (nSPS) is 20.4. The number of hydrogen-bond donors (Lipinski definition) is 3. The number of carboxylic acid groups (broad SMARTS) is 1. The van der Waals surface area contributed by atoms with Crippen molar-refractivity contribution in [2.24, 2.45) is 11.8 Å². The molecule has 186 valence electrons. The molecular formula is C28H34N2O5. The molecule has 0 aromatic heterocycles. The Balaban J connectivity index is 1.31. The minimum absolute atomic E-state index is 0.0454. The van der Waals surface area contributed by atoms with Crippen molar-refractivity contribution in [1.29, 1.82) is 0 Å². The third kappa shape index (κ3) is 5.50. The van der Waals surface area contributed by atoms with Crippen LogP contribution in [-0.2, 0) is 14.3 Å². The number of aliphatic carboxylic acids is 1. The zero-order chi connectivity index (χ0) is 25.0. The number of fused-ring (bicyclic) bond motifs is 3. The minimum Gasteiger partial charge on any atom is -0.481 e. The molecular weight excluding hydrogens is 444 g/mol. The van der Waals surface area contributed by atoms with Gasteiger partial charge in [-0.15, -0.1) is 0 Å². The van der Waals surface area contributed by atoms with E-state index in [1.807, 2.05) is 31.2 Å². The smallest absolute Gasteiger partial charge is 0.408 e. The molecule has 7 heteroatoms. The van der Waals surface area contributed by atoms with E-state index in [-0.39, 0.29) is 36.7 Å². The third-order valence-corrected chi connectivity index (χ3v) is 7.59. The van der Waals surface area contributed by atoms with E-state index in [0.29, 0.717) is 13.0 Å². The second-order valence-electron chi connectivity index (χ2n) is 9.99. The number of amides is 2. The molecule has 2 aliphatic carbocycles. The lowest BCUT2D eigenvalue weighted by Crippen LogP contribution is -2.57. The summed E-state index contributed by atoms with van der Waals surface area (Å²) in [6.45, 7) is 4.22. The molecule has 3 unspecified atom stereocenters. The van der Waals surface area contributed by atoms with E-state index in [1.54, 1.807) is 6.92 Å². The molecule has 2 aliphatic rings. The van der Waals surface area contributed by atoms with Crippen LogP contribution in [0.5, 0.6) is 0 Å². The Morgan fingerprint density at radius 2 is 1.60 bits per heavy atom. The van der Waals surface area contributed by atoms with E-state index in [2.05, 4.69) is 34.9 Å². The molecule has 3 atom stereocenters. The average Bonchev–Trinajstić information content (AvgIpc) is 3.42. The SMILES string of the molecule is CCC(C)(NC(=O)OCC1c2ccccc2-c2ccccc21)C(=O)NCC1CCC(CC(=O)O)C1. The van der Waals surface area contributed by atoms with Crippen LogP contribution in [-0.4, -0.2) is 41.8 Å². The van der Waals surface area contributed by atoms with Gasteiger partial charge in [0.05, 0.1) is 0 Å². The van der Waals surface area contributed by atoms with Crippen LogP contribution in [0.3, 0.4) is 0 Å². The summed E-state index contributed by atoms with van der Waals surface area (Å²) in [5.41, 5.74) is 3.49. The summed E-state index contributed by atoms with van der Waals surface area (Å²) in [6, 6.07) is 16.3. The van der Waals surface area contributed by atoms with Crippen molar-refractivity contribution in [3.8, 4) is 11.1 Å². The largest absolute Gasteiger partial charge is 0.481 e. The highest BCUT2D eigenvalue weighted by Gasteiger charge is 2.36. The molecule has 2 aromatic carbocycles. The monoisotopic (exact) mass is 478 g/mol. The predicted octanol–water partition coefficient (Wildman–Crippen LogP) is 4.70.